The number of rotatable bonds is 4. The van der Waals surface area contributed by atoms with E-state index in [4.69, 9.17) is 0 Å². The van der Waals surface area contributed by atoms with E-state index in [1.165, 1.54) is 76.1 Å². The van der Waals surface area contributed by atoms with Gasteiger partial charge in [-0.2, -0.15) is 0 Å². The lowest BCUT2D eigenvalue weighted by molar-refractivity contribution is 1.44. The Kier molecular flexibility index (Phi) is 6.59. The molecule has 0 aliphatic heterocycles. The molecule has 0 fully saturated rings. The first-order valence-electron chi connectivity index (χ1n) is 15.2. The molecule has 44 heavy (non-hydrogen) atoms. The minimum Gasteiger partial charge on any atom is -0.0622 e. The Morgan fingerprint density at radius 2 is 1.00 bits per heavy atom. The van der Waals surface area contributed by atoms with Crippen molar-refractivity contribution in [2.75, 3.05) is 0 Å². The molecule has 8 aromatic rings. The Morgan fingerprint density at radius 1 is 0.386 bits per heavy atom. The second-order valence-corrected chi connectivity index (χ2v) is 11.3. The van der Waals surface area contributed by atoms with E-state index >= 15 is 0 Å². The van der Waals surface area contributed by atoms with Crippen LogP contribution in [0.2, 0.25) is 0 Å². The fourth-order valence-electron chi connectivity index (χ4n) is 6.51. The summed E-state index contributed by atoms with van der Waals surface area (Å²) in [4.78, 5) is 0. The topological polar surface area (TPSA) is 0 Å². The Balaban J connectivity index is 1.43. The molecule has 0 aromatic heterocycles. The van der Waals surface area contributed by atoms with Crippen molar-refractivity contribution in [3.63, 3.8) is 0 Å². The molecule has 206 valence electrons. The SMILES string of the molecule is C(c1cc2ccccc2cc1-c1ccccc1)=c1ccccc1=C(c1ccccc1)c1ccc2c(ccc3ccccc32)c1. The van der Waals surface area contributed by atoms with Gasteiger partial charge >= 0.3 is 0 Å². The Hall–Kier alpha value is -5.72. The number of hydrogen-bond donors (Lipinski definition) is 0. The number of hydrogen-bond acceptors (Lipinski definition) is 0. The largest absolute Gasteiger partial charge is 0.0622 e. The lowest BCUT2D eigenvalue weighted by Crippen LogP contribution is -2.27. The van der Waals surface area contributed by atoms with E-state index in [0.717, 1.165) is 0 Å². The van der Waals surface area contributed by atoms with E-state index in [2.05, 4.69) is 182 Å². The van der Waals surface area contributed by atoms with Crippen molar-refractivity contribution in [1.29, 1.82) is 0 Å². The van der Waals surface area contributed by atoms with Crippen LogP contribution in [0.5, 0.6) is 0 Å². The third kappa shape index (κ3) is 4.77. The maximum Gasteiger partial charge on any atom is -0.00326 e. The first-order chi connectivity index (χ1) is 21.8. The van der Waals surface area contributed by atoms with E-state index in [1.807, 2.05) is 0 Å². The van der Waals surface area contributed by atoms with E-state index < -0.39 is 0 Å². The minimum atomic E-state index is 1.19. The van der Waals surface area contributed by atoms with Crippen molar-refractivity contribution >= 4 is 44.0 Å². The molecule has 0 amide bonds. The van der Waals surface area contributed by atoms with Gasteiger partial charge in [0.15, 0.2) is 0 Å². The normalized spacial score (nSPS) is 12.6. The van der Waals surface area contributed by atoms with E-state index in [1.54, 1.807) is 0 Å². The van der Waals surface area contributed by atoms with Crippen LogP contribution in [0.4, 0.5) is 0 Å². The zero-order chi connectivity index (χ0) is 29.3. The molecule has 0 heteroatoms. The molecule has 0 unspecified atom stereocenters. The molecular formula is C44H30. The second kappa shape index (κ2) is 11.2. The van der Waals surface area contributed by atoms with Crippen LogP contribution in [0.3, 0.4) is 0 Å². The summed E-state index contributed by atoms with van der Waals surface area (Å²) in [6.07, 6.45) is 2.36. The van der Waals surface area contributed by atoms with Crippen molar-refractivity contribution < 1.29 is 0 Å². The van der Waals surface area contributed by atoms with Crippen molar-refractivity contribution in [3.8, 4) is 11.1 Å². The molecule has 0 nitrogen and oxygen atoms in total. The average molecular weight is 559 g/mol. The summed E-state index contributed by atoms with van der Waals surface area (Å²) < 4.78 is 0. The standard InChI is InChI=1S/C44H30/c1-3-13-31(14-4-1)43-30-35-19-8-7-18-34(35)27-39(43)29-36-20-10-12-22-42(36)44(33-16-5-2-6-17-33)38-25-26-41-37(28-38)24-23-32-15-9-11-21-40(32)41/h1-30H. The molecule has 0 saturated carbocycles. The van der Waals surface area contributed by atoms with Crippen molar-refractivity contribution in [2.24, 2.45) is 0 Å². The van der Waals surface area contributed by atoms with Gasteiger partial charge in [0.1, 0.15) is 0 Å². The zero-order valence-corrected chi connectivity index (χ0v) is 24.3. The number of benzene rings is 8. The summed E-state index contributed by atoms with van der Waals surface area (Å²) in [6.45, 7) is 0. The van der Waals surface area contributed by atoms with Gasteiger partial charge in [0.25, 0.3) is 0 Å². The van der Waals surface area contributed by atoms with Crippen LogP contribution in [0.25, 0.3) is 55.1 Å². The van der Waals surface area contributed by atoms with Crippen molar-refractivity contribution in [2.45, 2.75) is 0 Å². The summed E-state index contributed by atoms with van der Waals surface area (Å²) in [5.41, 5.74) is 7.31. The Morgan fingerprint density at radius 3 is 1.82 bits per heavy atom. The summed E-state index contributed by atoms with van der Waals surface area (Å²) >= 11 is 0. The average Bonchev–Trinajstić information content (AvgIpc) is 3.09. The molecule has 8 rings (SSSR count). The van der Waals surface area contributed by atoms with Gasteiger partial charge in [-0.25, -0.2) is 0 Å². The van der Waals surface area contributed by atoms with E-state index in [9.17, 15) is 0 Å². The van der Waals surface area contributed by atoms with Crippen LogP contribution < -0.4 is 10.4 Å². The highest BCUT2D eigenvalue weighted by molar-refractivity contribution is 6.08. The summed E-state index contributed by atoms with van der Waals surface area (Å²) in [6, 6.07) is 63.7. The number of fused-ring (bicyclic) bond motifs is 4. The smallest absolute Gasteiger partial charge is 0.00326 e. The lowest BCUT2D eigenvalue weighted by atomic mass is 9.91. The highest BCUT2D eigenvalue weighted by atomic mass is 14.1. The van der Waals surface area contributed by atoms with Crippen LogP contribution in [-0.2, 0) is 0 Å². The highest BCUT2D eigenvalue weighted by Gasteiger charge is 2.11. The minimum absolute atomic E-state index is 1.19. The van der Waals surface area contributed by atoms with Gasteiger partial charge in [-0.05, 0) is 100 Å². The second-order valence-electron chi connectivity index (χ2n) is 11.3. The molecule has 0 aliphatic rings. The van der Waals surface area contributed by atoms with Gasteiger partial charge in [-0.1, -0.05) is 158 Å². The predicted molar refractivity (Wildman–Crippen MR) is 188 cm³/mol. The first-order valence-corrected chi connectivity index (χ1v) is 15.2. The molecule has 0 N–H and O–H groups in total. The van der Waals surface area contributed by atoms with Gasteiger partial charge in [0.05, 0.1) is 0 Å². The molecule has 8 aromatic carbocycles. The fourth-order valence-corrected chi connectivity index (χ4v) is 6.51. The summed E-state index contributed by atoms with van der Waals surface area (Å²) in [5.74, 6) is 0. The maximum atomic E-state index is 2.36. The maximum absolute atomic E-state index is 2.36. The molecule has 0 radical (unpaired) electrons. The van der Waals surface area contributed by atoms with Crippen LogP contribution in [0.1, 0.15) is 16.7 Å². The first kappa shape index (κ1) is 25.9. The molecule has 0 spiro atoms. The Bertz CT molecular complexity index is 2420. The quantitative estimate of drug-likeness (QED) is 0.189. The third-order valence-electron chi connectivity index (χ3n) is 8.64. The van der Waals surface area contributed by atoms with Crippen molar-refractivity contribution in [3.05, 3.63) is 203 Å². The summed E-state index contributed by atoms with van der Waals surface area (Å²) in [7, 11) is 0. The fraction of sp³-hybridized carbons (Fsp3) is 0. The molecular weight excluding hydrogens is 528 g/mol. The van der Waals surface area contributed by atoms with Crippen LogP contribution >= 0.6 is 0 Å². The van der Waals surface area contributed by atoms with Gasteiger partial charge in [-0.15, -0.1) is 0 Å². The molecule has 0 atom stereocenters. The predicted octanol–water partition coefficient (Wildman–Crippen LogP) is 9.89. The summed E-state index contributed by atoms with van der Waals surface area (Å²) in [5, 5.41) is 9.98. The van der Waals surface area contributed by atoms with Crippen molar-refractivity contribution in [1.82, 2.24) is 0 Å². The molecule has 0 bridgehead atoms. The lowest BCUT2D eigenvalue weighted by Gasteiger charge is -2.13. The molecule has 0 saturated heterocycles. The van der Waals surface area contributed by atoms with E-state index in [-0.39, 0.29) is 0 Å². The highest BCUT2D eigenvalue weighted by Crippen LogP contribution is 2.31. The Labute approximate surface area is 257 Å². The van der Waals surface area contributed by atoms with Crippen LogP contribution in [-0.4, -0.2) is 0 Å². The van der Waals surface area contributed by atoms with Crippen LogP contribution in [0, 0.1) is 0 Å². The zero-order valence-electron chi connectivity index (χ0n) is 24.3. The monoisotopic (exact) mass is 558 g/mol. The van der Waals surface area contributed by atoms with Gasteiger partial charge < -0.3 is 0 Å². The molecule has 0 heterocycles. The molecule has 0 aliphatic carbocycles. The van der Waals surface area contributed by atoms with Gasteiger partial charge in [0, 0.05) is 0 Å². The third-order valence-corrected chi connectivity index (χ3v) is 8.64. The van der Waals surface area contributed by atoms with Gasteiger partial charge in [0.2, 0.25) is 0 Å². The van der Waals surface area contributed by atoms with Gasteiger partial charge in [-0.3, -0.25) is 0 Å². The van der Waals surface area contributed by atoms with E-state index in [0.29, 0.717) is 0 Å². The van der Waals surface area contributed by atoms with Crippen LogP contribution in [0.15, 0.2) is 176 Å².